The minimum atomic E-state index is -0.906. The Bertz CT molecular complexity index is 400. The average Bonchev–Trinajstić information content (AvgIpc) is 2.14. The smallest absolute Gasteiger partial charge is 0.134 e. The first-order chi connectivity index (χ1) is 7.95. The topological polar surface area (TPSA) is 12.0 Å². The molecule has 1 aromatic carbocycles. The van der Waals surface area contributed by atoms with Gasteiger partial charge in [0.25, 0.3) is 0 Å². The first-order valence-electron chi connectivity index (χ1n) is 5.48. The van der Waals surface area contributed by atoms with Crippen LogP contribution in [0, 0.1) is 17.5 Å². The number of likely N-dealkylation sites (N-methyl/N-ethyl adjacent to an activating group) is 1. The summed E-state index contributed by atoms with van der Waals surface area (Å²) in [5.74, 6) is -2.65. The van der Waals surface area contributed by atoms with E-state index in [4.69, 9.17) is 0 Å². The molecule has 0 heterocycles. The van der Waals surface area contributed by atoms with Gasteiger partial charge in [0, 0.05) is 17.7 Å². The molecule has 0 amide bonds. The molecule has 0 aliphatic carbocycles. The van der Waals surface area contributed by atoms with E-state index in [9.17, 15) is 13.2 Å². The Morgan fingerprint density at radius 3 is 2.18 bits per heavy atom. The Kier molecular flexibility index (Phi) is 4.75. The van der Waals surface area contributed by atoms with Crippen molar-refractivity contribution in [1.82, 2.24) is 5.32 Å². The van der Waals surface area contributed by atoms with Crippen LogP contribution < -0.4 is 5.32 Å². The number of allylic oxidation sites excluding steroid dienone is 1. The molecular weight excluding hydrogens is 227 g/mol. The van der Waals surface area contributed by atoms with Crippen LogP contribution in [0.5, 0.6) is 0 Å². The van der Waals surface area contributed by atoms with Gasteiger partial charge in [-0.2, -0.15) is 0 Å². The van der Waals surface area contributed by atoms with E-state index in [2.05, 4.69) is 5.32 Å². The first-order valence-corrected chi connectivity index (χ1v) is 5.48. The van der Waals surface area contributed by atoms with Crippen molar-refractivity contribution in [3.8, 4) is 0 Å². The second kappa shape index (κ2) is 5.87. The van der Waals surface area contributed by atoms with Crippen molar-refractivity contribution >= 4 is 0 Å². The lowest BCUT2D eigenvalue weighted by Gasteiger charge is -2.16. The van der Waals surface area contributed by atoms with E-state index in [1.54, 1.807) is 6.08 Å². The summed E-state index contributed by atoms with van der Waals surface area (Å²) < 4.78 is 40.0. The molecule has 0 fully saturated rings. The van der Waals surface area contributed by atoms with Gasteiger partial charge in [0.05, 0.1) is 6.04 Å². The van der Waals surface area contributed by atoms with Gasteiger partial charge in [-0.05, 0) is 20.4 Å². The first kappa shape index (κ1) is 13.8. The van der Waals surface area contributed by atoms with Crippen LogP contribution in [-0.4, -0.2) is 6.54 Å². The van der Waals surface area contributed by atoms with Gasteiger partial charge in [-0.15, -0.1) is 0 Å². The monoisotopic (exact) mass is 243 g/mol. The van der Waals surface area contributed by atoms with Gasteiger partial charge in [0.1, 0.15) is 17.5 Å². The maximum absolute atomic E-state index is 13.6. The van der Waals surface area contributed by atoms with Crippen molar-refractivity contribution < 1.29 is 13.2 Å². The van der Waals surface area contributed by atoms with Crippen molar-refractivity contribution in [2.75, 3.05) is 6.54 Å². The van der Waals surface area contributed by atoms with Crippen LogP contribution in [0.3, 0.4) is 0 Å². The molecule has 1 nitrogen and oxygen atoms in total. The normalized spacial score (nSPS) is 12.4. The van der Waals surface area contributed by atoms with E-state index in [1.807, 2.05) is 20.8 Å². The lowest BCUT2D eigenvalue weighted by atomic mass is 10.0. The average molecular weight is 243 g/mol. The third kappa shape index (κ3) is 3.60. The summed E-state index contributed by atoms with van der Waals surface area (Å²) in [7, 11) is 0. The van der Waals surface area contributed by atoms with E-state index in [0.717, 1.165) is 5.57 Å². The predicted molar refractivity (Wildman–Crippen MR) is 62.2 cm³/mol. The van der Waals surface area contributed by atoms with Crippen LogP contribution in [0.25, 0.3) is 0 Å². The molecule has 1 N–H and O–H groups in total. The van der Waals surface area contributed by atoms with Crippen molar-refractivity contribution in [2.45, 2.75) is 26.8 Å². The molecule has 1 unspecified atom stereocenters. The molecule has 1 aromatic rings. The summed E-state index contributed by atoms with van der Waals surface area (Å²) in [5, 5.41) is 2.95. The van der Waals surface area contributed by atoms with Crippen LogP contribution in [-0.2, 0) is 0 Å². The van der Waals surface area contributed by atoms with Gasteiger partial charge in [-0.25, -0.2) is 13.2 Å². The largest absolute Gasteiger partial charge is 0.307 e. The summed E-state index contributed by atoms with van der Waals surface area (Å²) in [6.07, 6.45) is 1.71. The van der Waals surface area contributed by atoms with Crippen molar-refractivity contribution in [3.05, 3.63) is 46.8 Å². The van der Waals surface area contributed by atoms with E-state index >= 15 is 0 Å². The predicted octanol–water partition coefficient (Wildman–Crippen LogP) is 3.72. The Morgan fingerprint density at radius 1 is 1.24 bits per heavy atom. The van der Waals surface area contributed by atoms with E-state index in [0.29, 0.717) is 18.7 Å². The molecule has 0 radical (unpaired) electrons. The zero-order valence-corrected chi connectivity index (χ0v) is 10.2. The number of rotatable bonds is 4. The number of hydrogen-bond donors (Lipinski definition) is 1. The SMILES string of the molecule is CCNC(C=C(C)C)c1c(F)cc(F)cc1F. The molecule has 0 saturated heterocycles. The standard InChI is InChI=1S/C13H16F3N/c1-4-17-12(5-8(2)3)13-10(15)6-9(14)7-11(13)16/h5-7,12,17H,4H2,1-3H3. The van der Waals surface area contributed by atoms with E-state index in [-0.39, 0.29) is 5.56 Å². The molecule has 0 aliphatic heterocycles. The Labute approximate surface area is 99.3 Å². The van der Waals surface area contributed by atoms with E-state index in [1.165, 1.54) is 0 Å². The summed E-state index contributed by atoms with van der Waals surface area (Å²) in [6, 6.07) is 0.814. The third-order valence-electron chi connectivity index (χ3n) is 2.28. The molecule has 1 atom stereocenters. The highest BCUT2D eigenvalue weighted by molar-refractivity contribution is 5.28. The summed E-state index contributed by atoms with van der Waals surface area (Å²) in [4.78, 5) is 0. The maximum Gasteiger partial charge on any atom is 0.134 e. The van der Waals surface area contributed by atoms with Gasteiger partial charge < -0.3 is 5.32 Å². The highest BCUT2D eigenvalue weighted by atomic mass is 19.1. The molecular formula is C13H16F3N. The molecule has 0 spiro atoms. The van der Waals surface area contributed by atoms with Crippen LogP contribution in [0.2, 0.25) is 0 Å². The zero-order chi connectivity index (χ0) is 13.0. The number of halogens is 3. The fourth-order valence-corrected chi connectivity index (χ4v) is 1.65. The maximum atomic E-state index is 13.6. The summed E-state index contributed by atoms with van der Waals surface area (Å²) in [6.45, 7) is 6.07. The Balaban J connectivity index is 3.23. The van der Waals surface area contributed by atoms with Gasteiger partial charge in [-0.1, -0.05) is 18.6 Å². The second-order valence-corrected chi connectivity index (χ2v) is 4.06. The Morgan fingerprint density at radius 2 is 1.76 bits per heavy atom. The molecule has 0 aliphatic rings. The fraction of sp³-hybridized carbons (Fsp3) is 0.385. The molecule has 94 valence electrons. The fourth-order valence-electron chi connectivity index (χ4n) is 1.65. The second-order valence-electron chi connectivity index (χ2n) is 4.06. The van der Waals surface area contributed by atoms with Gasteiger partial charge in [0.2, 0.25) is 0 Å². The van der Waals surface area contributed by atoms with Gasteiger partial charge >= 0.3 is 0 Å². The lowest BCUT2D eigenvalue weighted by Crippen LogP contribution is -2.21. The number of hydrogen-bond acceptors (Lipinski definition) is 1. The van der Waals surface area contributed by atoms with Crippen LogP contribution in [0.4, 0.5) is 13.2 Å². The minimum Gasteiger partial charge on any atom is -0.307 e. The molecule has 4 heteroatoms. The molecule has 0 aromatic heterocycles. The number of benzene rings is 1. The molecule has 1 rings (SSSR count). The van der Waals surface area contributed by atoms with Gasteiger partial charge in [0.15, 0.2) is 0 Å². The van der Waals surface area contributed by atoms with Crippen LogP contribution in [0.15, 0.2) is 23.8 Å². The summed E-state index contributed by atoms with van der Waals surface area (Å²) >= 11 is 0. The molecule has 0 bridgehead atoms. The van der Waals surface area contributed by atoms with Crippen molar-refractivity contribution in [3.63, 3.8) is 0 Å². The van der Waals surface area contributed by atoms with Crippen LogP contribution >= 0.6 is 0 Å². The molecule has 17 heavy (non-hydrogen) atoms. The van der Waals surface area contributed by atoms with Gasteiger partial charge in [-0.3, -0.25) is 0 Å². The third-order valence-corrected chi connectivity index (χ3v) is 2.28. The summed E-state index contributed by atoms with van der Waals surface area (Å²) in [5.41, 5.74) is 0.786. The molecule has 0 saturated carbocycles. The number of nitrogens with one attached hydrogen (secondary N) is 1. The highest BCUT2D eigenvalue weighted by Crippen LogP contribution is 2.24. The quantitative estimate of drug-likeness (QED) is 0.795. The highest BCUT2D eigenvalue weighted by Gasteiger charge is 2.18. The van der Waals surface area contributed by atoms with Crippen LogP contribution in [0.1, 0.15) is 32.4 Å². The van der Waals surface area contributed by atoms with Crippen molar-refractivity contribution in [2.24, 2.45) is 0 Å². The zero-order valence-electron chi connectivity index (χ0n) is 10.2. The van der Waals surface area contributed by atoms with E-state index < -0.39 is 23.5 Å². The van der Waals surface area contributed by atoms with Crippen molar-refractivity contribution in [1.29, 1.82) is 0 Å². The lowest BCUT2D eigenvalue weighted by molar-refractivity contribution is 0.496. The minimum absolute atomic E-state index is 0.144. The Hall–Kier alpha value is -1.29.